The molecule has 0 fully saturated rings. The van der Waals surface area contributed by atoms with E-state index < -0.39 is 0 Å². The van der Waals surface area contributed by atoms with Crippen LogP contribution in [0.4, 0.5) is 0 Å². The van der Waals surface area contributed by atoms with Crippen LogP contribution in [0.25, 0.3) is 22.0 Å². The van der Waals surface area contributed by atoms with Crippen LogP contribution in [0.2, 0.25) is 0 Å². The molecule has 1 aromatic heterocycles. The van der Waals surface area contributed by atoms with E-state index in [2.05, 4.69) is 59.7 Å². The zero-order valence-corrected chi connectivity index (χ0v) is 16.0. The van der Waals surface area contributed by atoms with Gasteiger partial charge in [0.1, 0.15) is 5.75 Å². The minimum absolute atomic E-state index is 0.513. The lowest BCUT2D eigenvalue weighted by Crippen LogP contribution is -2.27. The largest absolute Gasteiger partial charge is 0.497 e. The standard InChI is InChI=1S/C22H29N3O/c1-4-24(5-2)13-14-25-20-12-11-18(26-3)15-19(20)22(21(25)16-23)17-9-7-6-8-10-17/h6-12,15H,4-5,13-14,16,23H2,1-3H3. The first-order valence-electron chi connectivity index (χ1n) is 9.40. The molecule has 0 amide bonds. The molecule has 1 heterocycles. The van der Waals surface area contributed by atoms with Crippen molar-refractivity contribution in [3.63, 3.8) is 0 Å². The van der Waals surface area contributed by atoms with Crippen LogP contribution in [0, 0.1) is 0 Å². The summed E-state index contributed by atoms with van der Waals surface area (Å²) in [5.41, 5.74) is 11.1. The van der Waals surface area contributed by atoms with Crippen molar-refractivity contribution in [1.82, 2.24) is 9.47 Å². The predicted molar refractivity (Wildman–Crippen MR) is 110 cm³/mol. The summed E-state index contributed by atoms with van der Waals surface area (Å²) in [7, 11) is 1.71. The highest BCUT2D eigenvalue weighted by molar-refractivity contribution is 5.99. The maximum absolute atomic E-state index is 6.23. The molecule has 0 spiro atoms. The van der Waals surface area contributed by atoms with Gasteiger partial charge in [0.05, 0.1) is 7.11 Å². The van der Waals surface area contributed by atoms with E-state index in [1.54, 1.807) is 7.11 Å². The minimum atomic E-state index is 0.513. The summed E-state index contributed by atoms with van der Waals surface area (Å²) in [4.78, 5) is 2.44. The van der Waals surface area contributed by atoms with Gasteiger partial charge in [-0.15, -0.1) is 0 Å². The van der Waals surface area contributed by atoms with Gasteiger partial charge in [-0.25, -0.2) is 0 Å². The lowest BCUT2D eigenvalue weighted by Gasteiger charge is -2.20. The van der Waals surface area contributed by atoms with Gasteiger partial charge in [0.15, 0.2) is 0 Å². The second kappa shape index (κ2) is 8.39. The molecule has 138 valence electrons. The molecule has 3 rings (SSSR count). The summed E-state index contributed by atoms with van der Waals surface area (Å²) >= 11 is 0. The third kappa shape index (κ3) is 3.48. The van der Waals surface area contributed by atoms with Crippen LogP contribution >= 0.6 is 0 Å². The molecule has 0 saturated heterocycles. The zero-order valence-electron chi connectivity index (χ0n) is 16.0. The van der Waals surface area contributed by atoms with Crippen molar-refractivity contribution in [2.45, 2.75) is 26.9 Å². The average molecular weight is 351 g/mol. The number of nitrogens with zero attached hydrogens (tertiary/aromatic N) is 2. The van der Waals surface area contributed by atoms with Crippen LogP contribution in [-0.2, 0) is 13.1 Å². The molecule has 2 N–H and O–H groups in total. The Kier molecular flexibility index (Phi) is 5.96. The van der Waals surface area contributed by atoms with Crippen molar-refractivity contribution in [3.8, 4) is 16.9 Å². The number of nitrogens with two attached hydrogens (primary N) is 1. The molecule has 2 aromatic carbocycles. The highest BCUT2D eigenvalue weighted by Crippen LogP contribution is 2.36. The minimum Gasteiger partial charge on any atom is -0.497 e. The highest BCUT2D eigenvalue weighted by atomic mass is 16.5. The second-order valence-corrected chi connectivity index (χ2v) is 6.45. The van der Waals surface area contributed by atoms with Crippen molar-refractivity contribution in [2.75, 3.05) is 26.7 Å². The van der Waals surface area contributed by atoms with E-state index >= 15 is 0 Å². The summed E-state index contributed by atoms with van der Waals surface area (Å²) in [6.45, 7) is 9.01. The van der Waals surface area contributed by atoms with E-state index in [0.29, 0.717) is 6.54 Å². The Morgan fingerprint density at radius 2 is 1.77 bits per heavy atom. The van der Waals surface area contributed by atoms with Crippen molar-refractivity contribution < 1.29 is 4.74 Å². The number of hydrogen-bond donors (Lipinski definition) is 1. The van der Waals surface area contributed by atoms with Gasteiger partial charge in [-0.3, -0.25) is 0 Å². The number of ether oxygens (including phenoxy) is 1. The van der Waals surface area contributed by atoms with E-state index in [1.807, 2.05) is 12.1 Å². The molecule has 0 aliphatic carbocycles. The van der Waals surface area contributed by atoms with Crippen LogP contribution in [0.5, 0.6) is 5.75 Å². The normalized spacial score (nSPS) is 11.4. The summed E-state index contributed by atoms with van der Waals surface area (Å²) in [6, 6.07) is 16.8. The molecule has 0 saturated carbocycles. The Morgan fingerprint density at radius 3 is 2.38 bits per heavy atom. The molecule has 0 aliphatic heterocycles. The van der Waals surface area contributed by atoms with Crippen LogP contribution in [0.1, 0.15) is 19.5 Å². The lowest BCUT2D eigenvalue weighted by atomic mass is 10.0. The Hall–Kier alpha value is -2.30. The fourth-order valence-corrected chi connectivity index (χ4v) is 3.69. The molecule has 0 atom stereocenters. The van der Waals surface area contributed by atoms with Crippen LogP contribution < -0.4 is 10.5 Å². The average Bonchev–Trinajstić information content (AvgIpc) is 3.02. The molecule has 0 aliphatic rings. The smallest absolute Gasteiger partial charge is 0.119 e. The number of rotatable bonds is 8. The van der Waals surface area contributed by atoms with Gasteiger partial charge in [0.2, 0.25) is 0 Å². The fraction of sp³-hybridized carbons (Fsp3) is 0.364. The zero-order chi connectivity index (χ0) is 18.5. The Bertz CT molecular complexity index is 851. The molecule has 0 radical (unpaired) electrons. The molecule has 26 heavy (non-hydrogen) atoms. The van der Waals surface area contributed by atoms with Gasteiger partial charge < -0.3 is 19.9 Å². The number of methoxy groups -OCH3 is 1. The summed E-state index contributed by atoms with van der Waals surface area (Å²) in [6.07, 6.45) is 0. The third-order valence-electron chi connectivity index (χ3n) is 5.17. The van der Waals surface area contributed by atoms with E-state index in [1.165, 1.54) is 27.7 Å². The summed E-state index contributed by atoms with van der Waals surface area (Å²) in [5.74, 6) is 0.874. The van der Waals surface area contributed by atoms with Crippen LogP contribution in [-0.4, -0.2) is 36.2 Å². The maximum Gasteiger partial charge on any atom is 0.119 e. The predicted octanol–water partition coefficient (Wildman–Crippen LogP) is 4.12. The van der Waals surface area contributed by atoms with E-state index in [0.717, 1.165) is 31.9 Å². The molecular formula is C22H29N3O. The van der Waals surface area contributed by atoms with E-state index in [4.69, 9.17) is 10.5 Å². The number of likely N-dealkylation sites (N-methyl/N-ethyl adjacent to an activating group) is 1. The van der Waals surface area contributed by atoms with Crippen LogP contribution in [0.15, 0.2) is 48.5 Å². The van der Waals surface area contributed by atoms with Crippen molar-refractivity contribution in [1.29, 1.82) is 0 Å². The fourth-order valence-electron chi connectivity index (χ4n) is 3.69. The first kappa shape index (κ1) is 18.5. The van der Waals surface area contributed by atoms with Crippen molar-refractivity contribution in [2.24, 2.45) is 5.73 Å². The van der Waals surface area contributed by atoms with Gasteiger partial charge in [0, 0.05) is 41.8 Å². The van der Waals surface area contributed by atoms with E-state index in [-0.39, 0.29) is 0 Å². The molecular weight excluding hydrogens is 322 g/mol. The SMILES string of the molecule is CCN(CC)CCn1c(CN)c(-c2ccccc2)c2cc(OC)ccc21. The Balaban J connectivity index is 2.17. The lowest BCUT2D eigenvalue weighted by molar-refractivity contribution is 0.291. The summed E-state index contributed by atoms with van der Waals surface area (Å²) in [5, 5.41) is 1.20. The molecule has 0 bridgehead atoms. The molecule has 0 unspecified atom stereocenters. The van der Waals surface area contributed by atoms with Gasteiger partial charge in [-0.05, 0) is 36.9 Å². The van der Waals surface area contributed by atoms with Gasteiger partial charge in [0.25, 0.3) is 0 Å². The summed E-state index contributed by atoms with van der Waals surface area (Å²) < 4.78 is 7.86. The molecule has 4 nitrogen and oxygen atoms in total. The van der Waals surface area contributed by atoms with Crippen molar-refractivity contribution >= 4 is 10.9 Å². The third-order valence-corrected chi connectivity index (χ3v) is 5.17. The first-order chi connectivity index (χ1) is 12.7. The van der Waals surface area contributed by atoms with E-state index in [9.17, 15) is 0 Å². The Morgan fingerprint density at radius 1 is 1.04 bits per heavy atom. The topological polar surface area (TPSA) is 43.4 Å². The number of aromatic nitrogens is 1. The number of hydrogen-bond acceptors (Lipinski definition) is 3. The monoisotopic (exact) mass is 351 g/mol. The quantitative estimate of drug-likeness (QED) is 0.664. The van der Waals surface area contributed by atoms with Gasteiger partial charge >= 0.3 is 0 Å². The number of benzene rings is 2. The maximum atomic E-state index is 6.23. The molecule has 4 heteroatoms. The van der Waals surface area contributed by atoms with Crippen molar-refractivity contribution in [3.05, 3.63) is 54.2 Å². The highest BCUT2D eigenvalue weighted by Gasteiger charge is 2.18. The first-order valence-corrected chi connectivity index (χ1v) is 9.40. The van der Waals surface area contributed by atoms with Gasteiger partial charge in [-0.2, -0.15) is 0 Å². The molecule has 3 aromatic rings. The van der Waals surface area contributed by atoms with Gasteiger partial charge in [-0.1, -0.05) is 44.2 Å². The number of fused-ring (bicyclic) bond motifs is 1. The Labute approximate surface area is 156 Å². The van der Waals surface area contributed by atoms with Crippen LogP contribution in [0.3, 0.4) is 0 Å². The second-order valence-electron chi connectivity index (χ2n) is 6.45.